The molecule has 1 aliphatic heterocycles. The number of ether oxygens (including phenoxy) is 2. The topological polar surface area (TPSA) is 59.1 Å². The quantitative estimate of drug-likeness (QED) is 0.696. The summed E-state index contributed by atoms with van der Waals surface area (Å²) < 4.78 is 9.60. The standard InChI is InChI=1S/C9H16N2O4/c1-4-14-8(12)10-6-7(3)11(10)9(13)15-5-2/h7H,4-6H2,1-3H3/t7-/m0/s1. The van der Waals surface area contributed by atoms with Gasteiger partial charge in [-0.25, -0.2) is 19.6 Å². The van der Waals surface area contributed by atoms with E-state index in [1.54, 1.807) is 13.8 Å². The molecular formula is C9H16N2O4. The summed E-state index contributed by atoms with van der Waals surface area (Å²) >= 11 is 0. The van der Waals surface area contributed by atoms with E-state index >= 15 is 0 Å². The van der Waals surface area contributed by atoms with Gasteiger partial charge in [-0.05, 0) is 20.8 Å². The molecule has 0 saturated carbocycles. The minimum Gasteiger partial charge on any atom is -0.448 e. The molecule has 1 aliphatic rings. The first-order valence-electron chi connectivity index (χ1n) is 5.02. The van der Waals surface area contributed by atoms with Crippen molar-refractivity contribution in [1.29, 1.82) is 0 Å². The lowest BCUT2D eigenvalue weighted by atomic mass is 10.2. The second kappa shape index (κ2) is 4.86. The van der Waals surface area contributed by atoms with Crippen LogP contribution in [-0.4, -0.2) is 48.0 Å². The maximum atomic E-state index is 11.4. The van der Waals surface area contributed by atoms with Crippen molar-refractivity contribution in [3.05, 3.63) is 0 Å². The van der Waals surface area contributed by atoms with Gasteiger partial charge in [0.15, 0.2) is 0 Å². The Morgan fingerprint density at radius 3 is 2.20 bits per heavy atom. The van der Waals surface area contributed by atoms with Crippen molar-refractivity contribution in [2.45, 2.75) is 26.8 Å². The van der Waals surface area contributed by atoms with Crippen molar-refractivity contribution in [2.24, 2.45) is 0 Å². The summed E-state index contributed by atoms with van der Waals surface area (Å²) in [4.78, 5) is 22.8. The molecule has 2 amide bonds. The van der Waals surface area contributed by atoms with Crippen molar-refractivity contribution in [2.75, 3.05) is 19.8 Å². The van der Waals surface area contributed by atoms with Gasteiger partial charge in [0, 0.05) is 0 Å². The average molecular weight is 216 g/mol. The van der Waals surface area contributed by atoms with E-state index in [1.807, 2.05) is 6.92 Å². The van der Waals surface area contributed by atoms with Crippen LogP contribution in [0.15, 0.2) is 0 Å². The van der Waals surface area contributed by atoms with Gasteiger partial charge in [-0.3, -0.25) is 0 Å². The van der Waals surface area contributed by atoms with Crippen molar-refractivity contribution < 1.29 is 19.1 Å². The lowest BCUT2D eigenvalue weighted by Crippen LogP contribution is -2.67. The fourth-order valence-electron chi connectivity index (χ4n) is 1.39. The number of carbonyl (C=O) groups excluding carboxylic acids is 2. The molecule has 0 aromatic heterocycles. The molecule has 1 heterocycles. The van der Waals surface area contributed by atoms with E-state index < -0.39 is 12.2 Å². The summed E-state index contributed by atoms with van der Waals surface area (Å²) in [5.74, 6) is 0. The summed E-state index contributed by atoms with van der Waals surface area (Å²) in [6.45, 7) is 6.34. The average Bonchev–Trinajstić information content (AvgIpc) is 2.14. The molecule has 1 saturated heterocycles. The Kier molecular flexibility index (Phi) is 3.76. The number of rotatable bonds is 2. The zero-order valence-corrected chi connectivity index (χ0v) is 9.23. The number of nitrogens with zero attached hydrogens (tertiary/aromatic N) is 2. The molecule has 0 spiro atoms. The van der Waals surface area contributed by atoms with Gasteiger partial charge in [-0.2, -0.15) is 0 Å². The van der Waals surface area contributed by atoms with Crippen LogP contribution in [0.25, 0.3) is 0 Å². The highest BCUT2D eigenvalue weighted by Gasteiger charge is 2.42. The van der Waals surface area contributed by atoms with E-state index in [2.05, 4.69) is 0 Å². The highest BCUT2D eigenvalue weighted by atomic mass is 16.6. The molecular weight excluding hydrogens is 200 g/mol. The Morgan fingerprint density at radius 1 is 1.20 bits per heavy atom. The molecule has 1 rings (SSSR count). The van der Waals surface area contributed by atoms with Crippen LogP contribution in [0.5, 0.6) is 0 Å². The second-order valence-electron chi connectivity index (χ2n) is 3.17. The Balaban J connectivity index is 2.54. The fraction of sp³-hybridized carbons (Fsp3) is 0.778. The van der Waals surface area contributed by atoms with Crippen molar-refractivity contribution >= 4 is 12.2 Å². The SMILES string of the molecule is CCOC(=O)N1C[C@H](C)N1C(=O)OCC. The summed E-state index contributed by atoms with van der Waals surface area (Å²) in [5, 5.41) is 2.51. The predicted molar refractivity (Wildman–Crippen MR) is 52.1 cm³/mol. The molecule has 6 heteroatoms. The van der Waals surface area contributed by atoms with Gasteiger partial charge in [0.2, 0.25) is 0 Å². The van der Waals surface area contributed by atoms with Crippen LogP contribution in [0.3, 0.4) is 0 Å². The molecule has 0 bridgehead atoms. The van der Waals surface area contributed by atoms with Gasteiger partial charge < -0.3 is 9.47 Å². The first kappa shape index (κ1) is 11.6. The zero-order valence-electron chi connectivity index (χ0n) is 9.23. The van der Waals surface area contributed by atoms with E-state index in [0.29, 0.717) is 19.8 Å². The molecule has 86 valence electrons. The minimum absolute atomic E-state index is 0.0199. The molecule has 6 nitrogen and oxygen atoms in total. The van der Waals surface area contributed by atoms with Crippen LogP contribution in [0, 0.1) is 0 Å². The Bertz CT molecular complexity index is 256. The lowest BCUT2D eigenvalue weighted by Gasteiger charge is -2.46. The van der Waals surface area contributed by atoms with Crippen molar-refractivity contribution in [1.82, 2.24) is 10.0 Å². The molecule has 0 aliphatic carbocycles. The molecule has 0 aromatic carbocycles. The Hall–Kier alpha value is -1.46. The Labute approximate surface area is 88.7 Å². The molecule has 0 unspecified atom stereocenters. The van der Waals surface area contributed by atoms with Crippen LogP contribution >= 0.6 is 0 Å². The van der Waals surface area contributed by atoms with Gasteiger partial charge >= 0.3 is 12.2 Å². The summed E-state index contributed by atoms with van der Waals surface area (Å²) in [5.41, 5.74) is 0. The van der Waals surface area contributed by atoms with E-state index in [9.17, 15) is 9.59 Å². The molecule has 1 atom stereocenters. The number of hydrazine groups is 1. The van der Waals surface area contributed by atoms with E-state index in [1.165, 1.54) is 10.0 Å². The third kappa shape index (κ3) is 2.31. The first-order chi connectivity index (χ1) is 7.11. The molecule has 1 fully saturated rings. The number of hydrogen-bond acceptors (Lipinski definition) is 4. The van der Waals surface area contributed by atoms with Crippen LogP contribution in [0.1, 0.15) is 20.8 Å². The summed E-state index contributed by atoms with van der Waals surface area (Å²) in [7, 11) is 0. The van der Waals surface area contributed by atoms with Gasteiger partial charge in [-0.15, -0.1) is 0 Å². The maximum absolute atomic E-state index is 11.4. The lowest BCUT2D eigenvalue weighted by molar-refractivity contribution is -0.113. The van der Waals surface area contributed by atoms with E-state index in [-0.39, 0.29) is 6.04 Å². The monoisotopic (exact) mass is 216 g/mol. The van der Waals surface area contributed by atoms with Crippen LogP contribution in [-0.2, 0) is 9.47 Å². The van der Waals surface area contributed by atoms with Gasteiger partial charge in [0.05, 0.1) is 25.8 Å². The number of hydrogen-bond donors (Lipinski definition) is 0. The zero-order chi connectivity index (χ0) is 11.4. The maximum Gasteiger partial charge on any atom is 0.429 e. The fourth-order valence-corrected chi connectivity index (χ4v) is 1.39. The molecule has 0 radical (unpaired) electrons. The van der Waals surface area contributed by atoms with Crippen LogP contribution in [0.4, 0.5) is 9.59 Å². The van der Waals surface area contributed by atoms with Gasteiger partial charge in [-0.1, -0.05) is 0 Å². The number of amides is 2. The Morgan fingerprint density at radius 2 is 1.73 bits per heavy atom. The van der Waals surface area contributed by atoms with Crippen molar-refractivity contribution in [3.8, 4) is 0 Å². The van der Waals surface area contributed by atoms with Gasteiger partial charge in [0.1, 0.15) is 0 Å². The van der Waals surface area contributed by atoms with E-state index in [4.69, 9.17) is 9.47 Å². The normalized spacial score (nSPS) is 19.5. The predicted octanol–water partition coefficient (Wildman–Crippen LogP) is 1.22. The molecule has 15 heavy (non-hydrogen) atoms. The highest BCUT2D eigenvalue weighted by Crippen LogP contribution is 2.20. The summed E-state index contributed by atoms with van der Waals surface area (Å²) in [6, 6.07) is -0.0199. The van der Waals surface area contributed by atoms with Crippen LogP contribution < -0.4 is 0 Å². The van der Waals surface area contributed by atoms with Crippen LogP contribution in [0.2, 0.25) is 0 Å². The molecule has 0 N–H and O–H groups in total. The number of carbonyl (C=O) groups is 2. The van der Waals surface area contributed by atoms with E-state index in [0.717, 1.165) is 0 Å². The largest absolute Gasteiger partial charge is 0.448 e. The van der Waals surface area contributed by atoms with Crippen molar-refractivity contribution in [3.63, 3.8) is 0 Å². The second-order valence-corrected chi connectivity index (χ2v) is 3.17. The molecule has 0 aromatic rings. The highest BCUT2D eigenvalue weighted by molar-refractivity contribution is 5.76. The first-order valence-corrected chi connectivity index (χ1v) is 5.02. The third-order valence-electron chi connectivity index (χ3n) is 2.05. The minimum atomic E-state index is -0.511. The third-order valence-corrected chi connectivity index (χ3v) is 2.05. The summed E-state index contributed by atoms with van der Waals surface area (Å²) in [6.07, 6.45) is -1.02. The van der Waals surface area contributed by atoms with Gasteiger partial charge in [0.25, 0.3) is 0 Å². The smallest absolute Gasteiger partial charge is 0.429 e.